The molecular formula is C23H23NO3. The van der Waals surface area contributed by atoms with Gasteiger partial charge in [-0.1, -0.05) is 32.0 Å². The van der Waals surface area contributed by atoms with Gasteiger partial charge in [0, 0.05) is 22.6 Å². The van der Waals surface area contributed by atoms with E-state index in [1.165, 1.54) is 5.56 Å². The van der Waals surface area contributed by atoms with Crippen molar-refractivity contribution < 1.29 is 9.15 Å². The zero-order chi connectivity index (χ0) is 18.9. The lowest BCUT2D eigenvalue weighted by Crippen LogP contribution is -2.46. The number of benzene rings is 2. The Labute approximate surface area is 158 Å². The molecule has 0 amide bonds. The highest BCUT2D eigenvalue weighted by atomic mass is 16.5. The van der Waals surface area contributed by atoms with Crippen molar-refractivity contribution in [1.29, 1.82) is 0 Å². The van der Waals surface area contributed by atoms with Crippen LogP contribution in [0.15, 0.2) is 45.6 Å². The molecule has 0 spiro atoms. The lowest BCUT2D eigenvalue weighted by molar-refractivity contribution is 0.136. The number of rotatable bonds is 0. The summed E-state index contributed by atoms with van der Waals surface area (Å²) in [5, 5.41) is 4.34. The van der Waals surface area contributed by atoms with Crippen LogP contribution in [0.3, 0.4) is 0 Å². The summed E-state index contributed by atoms with van der Waals surface area (Å²) in [5.74, 6) is 1.70. The lowest BCUT2D eigenvalue weighted by atomic mass is 9.65. The number of para-hydroxylation sites is 1. The monoisotopic (exact) mass is 361 g/mol. The van der Waals surface area contributed by atoms with Crippen LogP contribution in [0.25, 0.3) is 11.0 Å². The van der Waals surface area contributed by atoms with Gasteiger partial charge in [-0.05, 0) is 37.6 Å². The second kappa shape index (κ2) is 5.38. The fourth-order valence-electron chi connectivity index (χ4n) is 4.69. The van der Waals surface area contributed by atoms with Gasteiger partial charge in [0.2, 0.25) is 0 Å². The molecule has 4 heteroatoms. The molecule has 2 aromatic carbocycles. The molecule has 4 nitrogen and oxygen atoms in total. The third-order valence-corrected chi connectivity index (χ3v) is 6.52. The minimum atomic E-state index is -0.0631. The van der Waals surface area contributed by atoms with E-state index in [1.54, 1.807) is 0 Å². The molecule has 0 saturated heterocycles. The molecule has 3 heterocycles. The molecule has 0 radical (unpaired) electrons. The quantitative estimate of drug-likeness (QED) is 0.621. The number of hydrogen-bond donors (Lipinski definition) is 1. The van der Waals surface area contributed by atoms with Crippen LogP contribution in [0.5, 0.6) is 5.75 Å². The summed E-state index contributed by atoms with van der Waals surface area (Å²) in [4.78, 5) is 12.8. The van der Waals surface area contributed by atoms with Gasteiger partial charge in [0.1, 0.15) is 17.1 Å². The molecule has 0 aliphatic carbocycles. The van der Waals surface area contributed by atoms with Gasteiger partial charge in [-0.25, -0.2) is 0 Å². The summed E-state index contributed by atoms with van der Waals surface area (Å²) in [6.45, 7) is 8.85. The van der Waals surface area contributed by atoms with Crippen molar-refractivity contribution in [3.8, 4) is 5.75 Å². The van der Waals surface area contributed by atoms with Crippen LogP contribution in [0, 0.1) is 19.8 Å². The molecule has 2 aliphatic rings. The highest BCUT2D eigenvalue weighted by Gasteiger charge is 2.47. The number of anilines is 1. The van der Waals surface area contributed by atoms with E-state index in [-0.39, 0.29) is 22.8 Å². The predicted molar refractivity (Wildman–Crippen MR) is 107 cm³/mol. The molecule has 138 valence electrons. The fourth-order valence-corrected chi connectivity index (χ4v) is 4.69. The molecule has 0 unspecified atom stereocenters. The first-order valence-corrected chi connectivity index (χ1v) is 9.45. The van der Waals surface area contributed by atoms with Gasteiger partial charge in [-0.2, -0.15) is 0 Å². The highest BCUT2D eigenvalue weighted by Crippen LogP contribution is 2.53. The van der Waals surface area contributed by atoms with Gasteiger partial charge in [0.25, 0.3) is 0 Å². The Morgan fingerprint density at radius 1 is 1.11 bits per heavy atom. The van der Waals surface area contributed by atoms with E-state index in [1.807, 2.05) is 26.0 Å². The molecule has 0 bridgehead atoms. The third-order valence-electron chi connectivity index (χ3n) is 6.52. The Morgan fingerprint density at radius 3 is 2.70 bits per heavy atom. The van der Waals surface area contributed by atoms with Crippen LogP contribution in [-0.2, 0) is 5.41 Å². The Kier molecular flexibility index (Phi) is 3.27. The minimum Gasteiger partial charge on any atom is -0.493 e. The minimum absolute atomic E-state index is 0.0348. The van der Waals surface area contributed by atoms with Crippen molar-refractivity contribution in [3.63, 3.8) is 0 Å². The standard InChI is InChI=1S/C23H23NO3/c1-12-13(2)27-22-14(21(12)25)9-10-18-19(22)20-16(11-26-18)23(3,4)15-7-5-6-8-17(15)24-20/h5-10,16,20,24H,11H2,1-4H3/t16-,20-/m0/s1. The SMILES string of the molecule is Cc1oc2c3c(ccc2c(=O)c1C)OC[C@H]1[C@@H]3Nc2ccccc2C1(C)C. The summed E-state index contributed by atoms with van der Waals surface area (Å²) in [7, 11) is 0. The Morgan fingerprint density at radius 2 is 1.89 bits per heavy atom. The molecule has 2 atom stereocenters. The van der Waals surface area contributed by atoms with Crippen LogP contribution < -0.4 is 15.5 Å². The summed E-state index contributed by atoms with van der Waals surface area (Å²) in [5.41, 5.74) is 4.69. The number of fused-ring (bicyclic) bond motifs is 6. The Bertz CT molecular complexity index is 1140. The van der Waals surface area contributed by atoms with E-state index in [9.17, 15) is 4.79 Å². The number of aryl methyl sites for hydroxylation is 1. The summed E-state index contributed by atoms with van der Waals surface area (Å²) in [6, 6.07) is 12.2. The van der Waals surface area contributed by atoms with Gasteiger partial charge < -0.3 is 14.5 Å². The third kappa shape index (κ3) is 2.13. The first kappa shape index (κ1) is 16.4. The van der Waals surface area contributed by atoms with Crippen molar-refractivity contribution in [3.05, 3.63) is 69.1 Å². The average Bonchev–Trinajstić information content (AvgIpc) is 2.65. The van der Waals surface area contributed by atoms with Gasteiger partial charge in [0.05, 0.1) is 23.6 Å². The van der Waals surface area contributed by atoms with Crippen molar-refractivity contribution in [2.24, 2.45) is 5.92 Å². The van der Waals surface area contributed by atoms with Crippen molar-refractivity contribution in [1.82, 2.24) is 0 Å². The highest BCUT2D eigenvalue weighted by molar-refractivity contribution is 5.84. The van der Waals surface area contributed by atoms with Gasteiger partial charge in [0.15, 0.2) is 5.43 Å². The maximum atomic E-state index is 12.8. The van der Waals surface area contributed by atoms with E-state index in [0.717, 1.165) is 17.0 Å². The Balaban J connectivity index is 1.81. The van der Waals surface area contributed by atoms with Crippen LogP contribution in [0.2, 0.25) is 0 Å². The number of hydrogen-bond acceptors (Lipinski definition) is 4. The molecule has 1 aromatic heterocycles. The topological polar surface area (TPSA) is 51.5 Å². The average molecular weight is 361 g/mol. The van der Waals surface area contributed by atoms with Crippen molar-refractivity contribution >= 4 is 16.7 Å². The zero-order valence-electron chi connectivity index (χ0n) is 16.1. The number of nitrogens with one attached hydrogen (secondary N) is 1. The van der Waals surface area contributed by atoms with Crippen LogP contribution >= 0.6 is 0 Å². The fraction of sp³-hybridized carbons (Fsp3) is 0.348. The molecular weight excluding hydrogens is 338 g/mol. The smallest absolute Gasteiger partial charge is 0.195 e. The van der Waals surface area contributed by atoms with Gasteiger partial charge in [-0.15, -0.1) is 0 Å². The second-order valence-electron chi connectivity index (χ2n) is 8.27. The molecule has 2 aliphatic heterocycles. The van der Waals surface area contributed by atoms with E-state index in [2.05, 4.69) is 43.4 Å². The second-order valence-corrected chi connectivity index (χ2v) is 8.27. The first-order chi connectivity index (χ1) is 12.9. The maximum absolute atomic E-state index is 12.8. The van der Waals surface area contributed by atoms with E-state index < -0.39 is 0 Å². The number of ether oxygens (including phenoxy) is 1. The summed E-state index contributed by atoms with van der Waals surface area (Å²) in [6.07, 6.45) is 0. The maximum Gasteiger partial charge on any atom is 0.195 e. The van der Waals surface area contributed by atoms with Gasteiger partial charge >= 0.3 is 0 Å². The van der Waals surface area contributed by atoms with Crippen LogP contribution in [0.1, 0.15) is 42.3 Å². The molecule has 1 N–H and O–H groups in total. The molecule has 3 aromatic rings. The van der Waals surface area contributed by atoms with Gasteiger partial charge in [-0.3, -0.25) is 4.79 Å². The van der Waals surface area contributed by atoms with E-state index in [4.69, 9.17) is 9.15 Å². The van der Waals surface area contributed by atoms with E-state index >= 15 is 0 Å². The zero-order valence-corrected chi connectivity index (χ0v) is 16.1. The summed E-state index contributed by atoms with van der Waals surface area (Å²) < 4.78 is 12.3. The van der Waals surface area contributed by atoms with Crippen molar-refractivity contribution in [2.45, 2.75) is 39.2 Å². The molecule has 5 rings (SSSR count). The molecule has 0 fully saturated rings. The predicted octanol–water partition coefficient (Wildman–Crippen LogP) is 4.86. The summed E-state index contributed by atoms with van der Waals surface area (Å²) >= 11 is 0. The van der Waals surface area contributed by atoms with Crippen LogP contribution in [0.4, 0.5) is 5.69 Å². The lowest BCUT2D eigenvalue weighted by Gasteiger charge is -2.48. The van der Waals surface area contributed by atoms with E-state index in [0.29, 0.717) is 28.9 Å². The van der Waals surface area contributed by atoms with Crippen molar-refractivity contribution in [2.75, 3.05) is 11.9 Å². The first-order valence-electron chi connectivity index (χ1n) is 9.45. The van der Waals surface area contributed by atoms with Crippen LogP contribution in [-0.4, -0.2) is 6.61 Å². The Hall–Kier alpha value is -2.75. The normalized spacial score (nSPS) is 22.2. The largest absolute Gasteiger partial charge is 0.493 e. The molecule has 27 heavy (non-hydrogen) atoms. The molecule has 0 saturated carbocycles.